The number of aromatic nitrogens is 1. The SMILES string of the molecule is CN(Cc1cccnc1)C(=O)N[C@@H](CCC(=O)O)C(=O)O. The molecule has 0 unspecified atom stereocenters. The number of pyridine rings is 1. The summed E-state index contributed by atoms with van der Waals surface area (Å²) in [4.78, 5) is 38.6. The Kier molecular flexibility index (Phi) is 6.12. The molecule has 0 bridgehead atoms. The molecule has 0 aromatic carbocycles. The maximum Gasteiger partial charge on any atom is 0.326 e. The van der Waals surface area contributed by atoms with Gasteiger partial charge >= 0.3 is 18.0 Å². The van der Waals surface area contributed by atoms with Crippen molar-refractivity contribution in [3.05, 3.63) is 30.1 Å². The molecule has 114 valence electrons. The molecule has 0 spiro atoms. The van der Waals surface area contributed by atoms with Crippen LogP contribution in [0.15, 0.2) is 24.5 Å². The van der Waals surface area contributed by atoms with E-state index in [0.717, 1.165) is 5.56 Å². The van der Waals surface area contributed by atoms with Crippen LogP contribution in [-0.2, 0) is 16.1 Å². The molecule has 1 aromatic rings. The van der Waals surface area contributed by atoms with Crippen molar-refractivity contribution in [2.24, 2.45) is 0 Å². The van der Waals surface area contributed by atoms with E-state index in [1.165, 1.54) is 11.9 Å². The maximum atomic E-state index is 11.9. The summed E-state index contributed by atoms with van der Waals surface area (Å²) in [5.41, 5.74) is 0.799. The molecule has 1 rings (SSSR count). The van der Waals surface area contributed by atoms with Crippen LogP contribution in [0.4, 0.5) is 4.79 Å². The Hall–Kier alpha value is -2.64. The van der Waals surface area contributed by atoms with Crippen LogP contribution in [0.1, 0.15) is 18.4 Å². The fourth-order valence-electron chi connectivity index (χ4n) is 1.62. The van der Waals surface area contributed by atoms with Gasteiger partial charge in [0.1, 0.15) is 6.04 Å². The van der Waals surface area contributed by atoms with Crippen LogP contribution < -0.4 is 5.32 Å². The summed E-state index contributed by atoms with van der Waals surface area (Å²) in [5, 5.41) is 19.8. The standard InChI is InChI=1S/C13H17N3O5/c1-16(8-9-3-2-6-14-7-9)13(21)15-10(12(19)20)4-5-11(17)18/h2-3,6-7,10H,4-5,8H2,1H3,(H,15,21)(H,17,18)(H,19,20)/t10-/m0/s1. The first kappa shape index (κ1) is 16.4. The van der Waals surface area contributed by atoms with Crippen LogP contribution in [0, 0.1) is 0 Å². The molecular formula is C13H17N3O5. The molecule has 0 aliphatic heterocycles. The van der Waals surface area contributed by atoms with Gasteiger partial charge in [0, 0.05) is 32.4 Å². The average Bonchev–Trinajstić information content (AvgIpc) is 2.43. The van der Waals surface area contributed by atoms with Gasteiger partial charge in [-0.05, 0) is 18.1 Å². The lowest BCUT2D eigenvalue weighted by Crippen LogP contribution is -2.46. The number of carboxylic acid groups (broad SMARTS) is 2. The van der Waals surface area contributed by atoms with E-state index >= 15 is 0 Å². The summed E-state index contributed by atoms with van der Waals surface area (Å²) < 4.78 is 0. The molecule has 1 atom stereocenters. The smallest absolute Gasteiger partial charge is 0.326 e. The van der Waals surface area contributed by atoms with Crippen molar-refractivity contribution in [1.29, 1.82) is 0 Å². The molecular weight excluding hydrogens is 278 g/mol. The van der Waals surface area contributed by atoms with Crippen LogP contribution >= 0.6 is 0 Å². The molecule has 1 heterocycles. The zero-order valence-electron chi connectivity index (χ0n) is 11.5. The lowest BCUT2D eigenvalue weighted by Gasteiger charge is -2.21. The van der Waals surface area contributed by atoms with Gasteiger partial charge in [-0.1, -0.05) is 6.07 Å². The molecule has 2 amide bonds. The van der Waals surface area contributed by atoms with Crippen molar-refractivity contribution in [2.45, 2.75) is 25.4 Å². The number of nitrogens with one attached hydrogen (secondary N) is 1. The first-order valence-corrected chi connectivity index (χ1v) is 6.25. The highest BCUT2D eigenvalue weighted by atomic mass is 16.4. The predicted octanol–water partition coefficient (Wildman–Crippen LogP) is 0.541. The molecule has 8 heteroatoms. The molecule has 3 N–H and O–H groups in total. The number of rotatable bonds is 7. The predicted molar refractivity (Wildman–Crippen MR) is 72.5 cm³/mol. The maximum absolute atomic E-state index is 11.9. The van der Waals surface area contributed by atoms with Gasteiger partial charge in [0.2, 0.25) is 0 Å². The van der Waals surface area contributed by atoms with E-state index in [9.17, 15) is 14.4 Å². The molecule has 0 saturated carbocycles. The highest BCUT2D eigenvalue weighted by Crippen LogP contribution is 2.03. The fraction of sp³-hybridized carbons (Fsp3) is 0.385. The van der Waals surface area contributed by atoms with E-state index in [0.29, 0.717) is 0 Å². The summed E-state index contributed by atoms with van der Waals surface area (Å²) in [6.45, 7) is 0.269. The number of urea groups is 1. The highest BCUT2D eigenvalue weighted by Gasteiger charge is 2.22. The number of aliphatic carboxylic acids is 2. The summed E-state index contributed by atoms with van der Waals surface area (Å²) in [7, 11) is 1.51. The van der Waals surface area contributed by atoms with Gasteiger partial charge in [-0.25, -0.2) is 9.59 Å². The van der Waals surface area contributed by atoms with Crippen molar-refractivity contribution >= 4 is 18.0 Å². The van der Waals surface area contributed by atoms with Crippen molar-refractivity contribution in [1.82, 2.24) is 15.2 Å². The molecule has 21 heavy (non-hydrogen) atoms. The second-order valence-electron chi connectivity index (χ2n) is 4.49. The van der Waals surface area contributed by atoms with E-state index in [2.05, 4.69) is 10.3 Å². The Labute approximate surface area is 121 Å². The van der Waals surface area contributed by atoms with Gasteiger partial charge in [-0.3, -0.25) is 9.78 Å². The Bertz CT molecular complexity index is 506. The van der Waals surface area contributed by atoms with Crippen molar-refractivity contribution in [3.8, 4) is 0 Å². The average molecular weight is 295 g/mol. The van der Waals surface area contributed by atoms with Crippen LogP contribution in [0.5, 0.6) is 0 Å². The van der Waals surface area contributed by atoms with Gasteiger partial charge < -0.3 is 20.4 Å². The number of nitrogens with zero attached hydrogens (tertiary/aromatic N) is 2. The number of carbonyl (C=O) groups excluding carboxylic acids is 1. The molecule has 0 radical (unpaired) electrons. The Balaban J connectivity index is 2.56. The lowest BCUT2D eigenvalue weighted by molar-refractivity contribution is -0.140. The highest BCUT2D eigenvalue weighted by molar-refractivity contribution is 5.82. The van der Waals surface area contributed by atoms with Gasteiger partial charge in [-0.2, -0.15) is 0 Å². The minimum atomic E-state index is -1.26. The molecule has 0 fully saturated rings. The second kappa shape index (κ2) is 7.83. The topological polar surface area (TPSA) is 120 Å². The number of hydrogen-bond acceptors (Lipinski definition) is 4. The molecule has 1 aromatic heterocycles. The largest absolute Gasteiger partial charge is 0.481 e. The monoisotopic (exact) mass is 295 g/mol. The zero-order valence-corrected chi connectivity index (χ0v) is 11.5. The van der Waals surface area contributed by atoms with Crippen LogP contribution in [0.2, 0.25) is 0 Å². The number of carbonyl (C=O) groups is 3. The Morgan fingerprint density at radius 1 is 1.38 bits per heavy atom. The third kappa shape index (κ3) is 5.89. The van der Waals surface area contributed by atoms with Crippen LogP contribution in [0.25, 0.3) is 0 Å². The molecule has 0 aliphatic carbocycles. The molecule has 0 aliphatic rings. The van der Waals surface area contributed by atoms with Gasteiger partial charge in [-0.15, -0.1) is 0 Å². The van der Waals surface area contributed by atoms with E-state index in [1.807, 2.05) is 0 Å². The molecule has 8 nitrogen and oxygen atoms in total. The normalized spacial score (nSPS) is 11.5. The minimum Gasteiger partial charge on any atom is -0.481 e. The number of carboxylic acids is 2. The van der Waals surface area contributed by atoms with Crippen LogP contribution in [-0.4, -0.2) is 51.2 Å². The fourth-order valence-corrected chi connectivity index (χ4v) is 1.62. The Morgan fingerprint density at radius 3 is 2.62 bits per heavy atom. The summed E-state index contributed by atoms with van der Waals surface area (Å²) in [6, 6.07) is 1.70. The van der Waals surface area contributed by atoms with E-state index < -0.39 is 24.0 Å². The van der Waals surface area contributed by atoms with E-state index in [1.54, 1.807) is 24.5 Å². The first-order chi connectivity index (χ1) is 9.90. The van der Waals surface area contributed by atoms with Gasteiger partial charge in [0.15, 0.2) is 0 Å². The quantitative estimate of drug-likeness (QED) is 0.675. The van der Waals surface area contributed by atoms with E-state index in [4.69, 9.17) is 10.2 Å². The summed E-state index contributed by atoms with van der Waals surface area (Å²) in [5.74, 6) is -2.38. The second-order valence-corrected chi connectivity index (χ2v) is 4.49. The summed E-state index contributed by atoms with van der Waals surface area (Å²) >= 11 is 0. The van der Waals surface area contributed by atoms with Crippen molar-refractivity contribution in [2.75, 3.05) is 7.05 Å². The van der Waals surface area contributed by atoms with E-state index in [-0.39, 0.29) is 19.4 Å². The Morgan fingerprint density at radius 2 is 2.10 bits per heavy atom. The van der Waals surface area contributed by atoms with Gasteiger partial charge in [0.25, 0.3) is 0 Å². The lowest BCUT2D eigenvalue weighted by atomic mass is 10.1. The molecule has 0 saturated heterocycles. The van der Waals surface area contributed by atoms with Gasteiger partial charge in [0.05, 0.1) is 0 Å². The van der Waals surface area contributed by atoms with Crippen molar-refractivity contribution in [3.63, 3.8) is 0 Å². The number of amides is 2. The van der Waals surface area contributed by atoms with Crippen molar-refractivity contribution < 1.29 is 24.6 Å². The third-order valence-corrected chi connectivity index (χ3v) is 2.73. The zero-order chi connectivity index (χ0) is 15.8. The minimum absolute atomic E-state index is 0.170. The van der Waals surface area contributed by atoms with Crippen LogP contribution in [0.3, 0.4) is 0 Å². The summed E-state index contributed by atoms with van der Waals surface area (Å²) in [6.07, 6.45) is 2.71. The first-order valence-electron chi connectivity index (χ1n) is 6.25. The number of hydrogen-bond donors (Lipinski definition) is 3. The third-order valence-electron chi connectivity index (χ3n) is 2.73.